The number of benzene rings is 1. The summed E-state index contributed by atoms with van der Waals surface area (Å²) in [6.07, 6.45) is 3.53. The molecule has 1 saturated heterocycles. The molecule has 29 heavy (non-hydrogen) atoms. The number of nitrogens with zero attached hydrogens (tertiary/aromatic N) is 4. The minimum atomic E-state index is -0.516. The first-order valence-corrected chi connectivity index (χ1v) is 10.1. The molecule has 1 fully saturated rings. The molecule has 1 aromatic carbocycles. The second kappa shape index (κ2) is 8.08. The van der Waals surface area contributed by atoms with Crippen molar-refractivity contribution in [3.63, 3.8) is 0 Å². The summed E-state index contributed by atoms with van der Waals surface area (Å²) in [4.78, 5) is 32.3. The predicted molar refractivity (Wildman–Crippen MR) is 109 cm³/mol. The van der Waals surface area contributed by atoms with E-state index in [0.717, 1.165) is 36.6 Å². The van der Waals surface area contributed by atoms with Crippen LogP contribution in [-0.2, 0) is 6.54 Å². The molecule has 3 aromatic rings. The molecule has 3 heterocycles. The lowest BCUT2D eigenvalue weighted by molar-refractivity contribution is 0.0948. The molecule has 4 rings (SSSR count). The van der Waals surface area contributed by atoms with Crippen molar-refractivity contribution in [2.24, 2.45) is 0 Å². The first-order chi connectivity index (χ1) is 14.1. The first kappa shape index (κ1) is 19.2. The van der Waals surface area contributed by atoms with Crippen molar-refractivity contribution >= 4 is 27.3 Å². The van der Waals surface area contributed by atoms with Gasteiger partial charge >= 0.3 is 0 Å². The number of aromatic nitrogens is 3. The van der Waals surface area contributed by atoms with Crippen LogP contribution in [0.2, 0.25) is 0 Å². The van der Waals surface area contributed by atoms with Crippen molar-refractivity contribution in [2.75, 3.05) is 32.2 Å². The van der Waals surface area contributed by atoms with Crippen molar-refractivity contribution in [1.29, 1.82) is 0 Å². The van der Waals surface area contributed by atoms with Crippen molar-refractivity contribution in [3.05, 3.63) is 45.9 Å². The fourth-order valence-corrected chi connectivity index (χ4v) is 4.24. The molecule has 0 spiro atoms. The van der Waals surface area contributed by atoms with E-state index in [1.165, 1.54) is 29.2 Å². The van der Waals surface area contributed by atoms with Crippen molar-refractivity contribution in [3.8, 4) is 11.5 Å². The molecule has 0 aliphatic carbocycles. The van der Waals surface area contributed by atoms with Crippen molar-refractivity contribution in [2.45, 2.75) is 19.4 Å². The summed E-state index contributed by atoms with van der Waals surface area (Å²) in [7, 11) is 3.08. The minimum absolute atomic E-state index is 0.0531. The molecular weight excluding hydrogens is 394 g/mol. The average Bonchev–Trinajstić information content (AvgIpc) is 3.41. The molecule has 10 heteroatoms. The Kier molecular flexibility index (Phi) is 5.34. The van der Waals surface area contributed by atoms with E-state index in [1.54, 1.807) is 19.2 Å². The quantitative estimate of drug-likeness (QED) is 0.654. The Morgan fingerprint density at radius 1 is 1.24 bits per heavy atom. The normalized spacial score (nSPS) is 13.7. The van der Waals surface area contributed by atoms with E-state index in [9.17, 15) is 9.59 Å². The highest BCUT2D eigenvalue weighted by Gasteiger charge is 2.20. The van der Waals surface area contributed by atoms with E-state index in [1.807, 2.05) is 6.07 Å². The van der Waals surface area contributed by atoms with Crippen LogP contribution >= 0.6 is 11.3 Å². The summed E-state index contributed by atoms with van der Waals surface area (Å²) in [6, 6.07) is 5.40. The number of carbonyl (C=O) groups is 1. The number of hydrogen-bond acceptors (Lipinski definition) is 8. The largest absolute Gasteiger partial charge is 0.493 e. The lowest BCUT2D eigenvalue weighted by Gasteiger charge is -2.13. The molecule has 0 atom stereocenters. The van der Waals surface area contributed by atoms with E-state index in [-0.39, 0.29) is 12.1 Å². The maximum atomic E-state index is 12.8. The second-order valence-electron chi connectivity index (χ2n) is 6.59. The van der Waals surface area contributed by atoms with Crippen LogP contribution in [0, 0.1) is 0 Å². The highest BCUT2D eigenvalue weighted by molar-refractivity contribution is 7.20. The summed E-state index contributed by atoms with van der Waals surface area (Å²) in [5, 5.41) is 7.88. The standard InChI is InChI=1S/C19H21N5O4S/c1-27-14-7-5-6-12(15(14)28-2)10-20-16(25)13-11-21-18-24(17(13)26)22-19(29-18)23-8-3-4-9-23/h5-7,11H,3-4,8-10H2,1-2H3,(H,20,25). The topological polar surface area (TPSA) is 98.1 Å². The van der Waals surface area contributed by atoms with Crippen LogP contribution in [0.3, 0.4) is 0 Å². The number of anilines is 1. The number of hydrogen-bond donors (Lipinski definition) is 1. The van der Waals surface area contributed by atoms with Gasteiger partial charge in [0.1, 0.15) is 5.56 Å². The summed E-state index contributed by atoms with van der Waals surface area (Å²) in [5.74, 6) is 0.590. The molecule has 0 unspecified atom stereocenters. The van der Waals surface area contributed by atoms with Gasteiger partial charge in [-0.05, 0) is 18.9 Å². The monoisotopic (exact) mass is 415 g/mol. The van der Waals surface area contributed by atoms with E-state index in [0.29, 0.717) is 16.5 Å². The first-order valence-electron chi connectivity index (χ1n) is 9.24. The molecular formula is C19H21N5O4S. The van der Waals surface area contributed by atoms with Gasteiger partial charge in [-0.15, -0.1) is 5.10 Å². The second-order valence-corrected chi connectivity index (χ2v) is 7.52. The van der Waals surface area contributed by atoms with Gasteiger partial charge in [-0.3, -0.25) is 9.59 Å². The number of methoxy groups -OCH3 is 2. The van der Waals surface area contributed by atoms with Crippen LogP contribution in [-0.4, -0.2) is 47.8 Å². The van der Waals surface area contributed by atoms with Gasteiger partial charge in [-0.2, -0.15) is 4.52 Å². The summed E-state index contributed by atoms with van der Waals surface area (Å²) < 4.78 is 11.8. The maximum Gasteiger partial charge on any atom is 0.288 e. The van der Waals surface area contributed by atoms with Crippen LogP contribution < -0.4 is 25.2 Å². The Balaban J connectivity index is 1.56. The molecule has 0 saturated carbocycles. The average molecular weight is 415 g/mol. The van der Waals surface area contributed by atoms with Gasteiger partial charge in [-0.25, -0.2) is 4.98 Å². The molecule has 9 nitrogen and oxygen atoms in total. The van der Waals surface area contributed by atoms with Gasteiger partial charge in [0, 0.05) is 31.4 Å². The summed E-state index contributed by atoms with van der Waals surface area (Å²) in [6.45, 7) is 2.02. The van der Waals surface area contributed by atoms with Gasteiger partial charge in [0.2, 0.25) is 10.1 Å². The van der Waals surface area contributed by atoms with E-state index >= 15 is 0 Å². The Hall–Kier alpha value is -3.14. The smallest absolute Gasteiger partial charge is 0.288 e. The zero-order valence-electron chi connectivity index (χ0n) is 16.2. The molecule has 0 bridgehead atoms. The number of ether oxygens (including phenoxy) is 2. The van der Waals surface area contributed by atoms with Crippen LogP contribution in [0.4, 0.5) is 5.13 Å². The van der Waals surface area contributed by atoms with Gasteiger partial charge in [0.15, 0.2) is 11.5 Å². The zero-order valence-corrected chi connectivity index (χ0v) is 17.0. The van der Waals surface area contributed by atoms with Crippen molar-refractivity contribution < 1.29 is 14.3 Å². The predicted octanol–water partition coefficient (Wildman–Crippen LogP) is 1.70. The number of para-hydroxylation sites is 1. The molecule has 0 radical (unpaired) electrons. The minimum Gasteiger partial charge on any atom is -0.493 e. The highest BCUT2D eigenvalue weighted by Crippen LogP contribution is 2.30. The Morgan fingerprint density at radius 2 is 2.03 bits per heavy atom. The van der Waals surface area contributed by atoms with Crippen LogP contribution in [0.15, 0.2) is 29.2 Å². The highest BCUT2D eigenvalue weighted by atomic mass is 32.1. The Labute approximate surface area is 170 Å². The molecule has 1 amide bonds. The summed E-state index contributed by atoms with van der Waals surface area (Å²) in [5.41, 5.74) is 0.203. The number of rotatable bonds is 6. The van der Waals surface area contributed by atoms with Crippen LogP contribution in [0.25, 0.3) is 4.96 Å². The lowest BCUT2D eigenvalue weighted by atomic mass is 10.1. The molecule has 2 aromatic heterocycles. The third-order valence-corrected chi connectivity index (χ3v) is 5.80. The molecule has 1 N–H and O–H groups in total. The molecule has 152 valence electrons. The van der Waals surface area contributed by atoms with E-state index < -0.39 is 11.5 Å². The van der Waals surface area contributed by atoms with E-state index in [4.69, 9.17) is 9.47 Å². The van der Waals surface area contributed by atoms with Crippen LogP contribution in [0.5, 0.6) is 11.5 Å². The Bertz CT molecular complexity index is 1100. The SMILES string of the molecule is COc1cccc(CNC(=O)c2cnc3sc(N4CCCC4)nn3c2=O)c1OC. The van der Waals surface area contributed by atoms with Crippen molar-refractivity contribution in [1.82, 2.24) is 19.9 Å². The fraction of sp³-hybridized carbons (Fsp3) is 0.368. The van der Waals surface area contributed by atoms with Crippen LogP contribution in [0.1, 0.15) is 28.8 Å². The number of amides is 1. The van der Waals surface area contributed by atoms with Gasteiger partial charge in [-0.1, -0.05) is 23.5 Å². The lowest BCUT2D eigenvalue weighted by Crippen LogP contribution is -2.31. The van der Waals surface area contributed by atoms with Gasteiger partial charge < -0.3 is 19.7 Å². The maximum absolute atomic E-state index is 12.8. The van der Waals surface area contributed by atoms with Gasteiger partial charge in [0.05, 0.1) is 14.2 Å². The summed E-state index contributed by atoms with van der Waals surface area (Å²) >= 11 is 1.35. The zero-order chi connectivity index (χ0) is 20.4. The third-order valence-electron chi connectivity index (χ3n) is 4.82. The molecule has 1 aliphatic heterocycles. The number of fused-ring (bicyclic) bond motifs is 1. The number of nitrogens with one attached hydrogen (secondary N) is 1. The third kappa shape index (κ3) is 3.63. The fourth-order valence-electron chi connectivity index (χ4n) is 3.33. The number of carbonyl (C=O) groups excluding carboxylic acids is 1. The Morgan fingerprint density at radius 3 is 2.76 bits per heavy atom. The van der Waals surface area contributed by atoms with E-state index in [2.05, 4.69) is 20.3 Å². The molecule has 1 aliphatic rings. The van der Waals surface area contributed by atoms with Gasteiger partial charge in [0.25, 0.3) is 11.5 Å².